The normalized spacial score (nSPS) is 15.0. The van der Waals surface area contributed by atoms with E-state index in [2.05, 4.69) is 22.3 Å². The number of nitrogens with zero attached hydrogens (tertiary/aromatic N) is 2. The quantitative estimate of drug-likeness (QED) is 0.463. The molecule has 8 heteroatoms. The van der Waals surface area contributed by atoms with Crippen molar-refractivity contribution in [2.45, 2.75) is 18.4 Å². The lowest BCUT2D eigenvalue weighted by atomic mass is 10.2. The van der Waals surface area contributed by atoms with Crippen molar-refractivity contribution >= 4 is 15.9 Å². The second-order valence-electron chi connectivity index (χ2n) is 8.61. The van der Waals surface area contributed by atoms with Crippen LogP contribution in [0.4, 0.5) is 0 Å². The third-order valence-electron chi connectivity index (χ3n) is 5.99. The molecule has 0 saturated carbocycles. The number of benzene rings is 3. The van der Waals surface area contributed by atoms with Gasteiger partial charge in [-0.3, -0.25) is 9.69 Å². The highest BCUT2D eigenvalue weighted by atomic mass is 32.2. The van der Waals surface area contributed by atoms with Crippen LogP contribution in [0.1, 0.15) is 21.5 Å². The van der Waals surface area contributed by atoms with Gasteiger partial charge in [0.05, 0.1) is 11.4 Å². The third-order valence-corrected chi connectivity index (χ3v) is 7.89. The molecular weight excluding hydrogens is 462 g/mol. The number of piperazine rings is 1. The van der Waals surface area contributed by atoms with Crippen molar-refractivity contribution in [1.29, 1.82) is 0 Å². The van der Waals surface area contributed by atoms with Gasteiger partial charge in [-0.2, -0.15) is 4.31 Å². The van der Waals surface area contributed by atoms with Gasteiger partial charge in [-0.05, 0) is 42.8 Å². The summed E-state index contributed by atoms with van der Waals surface area (Å²) in [5, 5.41) is 2.79. The summed E-state index contributed by atoms with van der Waals surface area (Å²) >= 11 is 0. The number of ether oxygens (including phenoxy) is 1. The molecule has 1 aliphatic rings. The summed E-state index contributed by atoms with van der Waals surface area (Å²) in [6, 6.07) is 24.1. The first kappa shape index (κ1) is 24.9. The molecule has 1 aliphatic heterocycles. The first-order valence-electron chi connectivity index (χ1n) is 11.8. The predicted octanol–water partition coefficient (Wildman–Crippen LogP) is 3.31. The lowest BCUT2D eigenvalue weighted by molar-refractivity contribution is 0.0946. The molecule has 1 N–H and O–H groups in total. The minimum Gasteiger partial charge on any atom is -0.492 e. The van der Waals surface area contributed by atoms with Gasteiger partial charge in [-0.15, -0.1) is 0 Å². The van der Waals surface area contributed by atoms with E-state index in [4.69, 9.17) is 4.74 Å². The highest BCUT2D eigenvalue weighted by molar-refractivity contribution is 7.89. The predicted molar refractivity (Wildman–Crippen MR) is 136 cm³/mol. The second kappa shape index (κ2) is 11.5. The van der Waals surface area contributed by atoms with Crippen LogP contribution in [-0.4, -0.2) is 62.9 Å². The van der Waals surface area contributed by atoms with Gasteiger partial charge in [-0.1, -0.05) is 54.1 Å². The average molecular weight is 494 g/mol. The Kier molecular flexibility index (Phi) is 8.17. The van der Waals surface area contributed by atoms with Crippen molar-refractivity contribution in [1.82, 2.24) is 14.5 Å². The number of nitrogens with one attached hydrogen (secondary N) is 1. The van der Waals surface area contributed by atoms with Gasteiger partial charge in [0.2, 0.25) is 10.0 Å². The largest absolute Gasteiger partial charge is 0.492 e. The number of aryl methyl sites for hydroxylation is 1. The van der Waals surface area contributed by atoms with Crippen molar-refractivity contribution in [2.24, 2.45) is 0 Å². The first-order chi connectivity index (χ1) is 16.9. The molecule has 1 fully saturated rings. The lowest BCUT2D eigenvalue weighted by Crippen LogP contribution is -2.48. The summed E-state index contributed by atoms with van der Waals surface area (Å²) in [6.45, 7) is 5.60. The number of hydrogen-bond acceptors (Lipinski definition) is 5. The molecule has 0 radical (unpaired) electrons. The van der Waals surface area contributed by atoms with E-state index < -0.39 is 10.0 Å². The molecule has 1 amide bonds. The van der Waals surface area contributed by atoms with Gasteiger partial charge in [-0.25, -0.2) is 8.42 Å². The summed E-state index contributed by atoms with van der Waals surface area (Å²) in [5.74, 6) is 0.407. The van der Waals surface area contributed by atoms with Crippen LogP contribution in [0.3, 0.4) is 0 Å². The SMILES string of the molecule is Cc1ccc(OCCNC(=O)c2cccc(S(=O)(=O)N3CCN(Cc4ccccc4)CC3)c2)cc1. The summed E-state index contributed by atoms with van der Waals surface area (Å²) in [4.78, 5) is 15.0. The van der Waals surface area contributed by atoms with Crippen molar-refractivity contribution in [3.05, 3.63) is 95.6 Å². The monoisotopic (exact) mass is 493 g/mol. The molecular formula is C27H31N3O4S. The molecule has 0 atom stereocenters. The summed E-state index contributed by atoms with van der Waals surface area (Å²) in [5.41, 5.74) is 2.67. The van der Waals surface area contributed by atoms with Gasteiger partial charge >= 0.3 is 0 Å². The molecule has 3 aromatic rings. The van der Waals surface area contributed by atoms with Crippen LogP contribution < -0.4 is 10.1 Å². The number of sulfonamides is 1. The van der Waals surface area contributed by atoms with Crippen LogP contribution in [0.15, 0.2) is 83.8 Å². The molecule has 0 unspecified atom stereocenters. The van der Waals surface area contributed by atoms with Crippen LogP contribution in [0.2, 0.25) is 0 Å². The highest BCUT2D eigenvalue weighted by Gasteiger charge is 2.29. The molecule has 184 valence electrons. The molecule has 0 bridgehead atoms. The summed E-state index contributed by atoms with van der Waals surface area (Å²) in [6.07, 6.45) is 0. The Morgan fingerprint density at radius 2 is 1.63 bits per heavy atom. The fourth-order valence-electron chi connectivity index (χ4n) is 3.99. The zero-order valence-electron chi connectivity index (χ0n) is 19.9. The number of carbonyl (C=O) groups is 1. The molecule has 7 nitrogen and oxygen atoms in total. The number of rotatable bonds is 9. The van der Waals surface area contributed by atoms with Crippen LogP contribution in [0.5, 0.6) is 5.75 Å². The molecule has 4 rings (SSSR count). The molecule has 0 aromatic heterocycles. The maximum atomic E-state index is 13.2. The van der Waals surface area contributed by atoms with E-state index >= 15 is 0 Å². The van der Waals surface area contributed by atoms with Crippen LogP contribution in [-0.2, 0) is 16.6 Å². The summed E-state index contributed by atoms with van der Waals surface area (Å²) in [7, 11) is -3.68. The third kappa shape index (κ3) is 6.69. The Balaban J connectivity index is 1.30. The van der Waals surface area contributed by atoms with E-state index in [1.165, 1.54) is 15.9 Å². The molecule has 0 spiro atoms. The van der Waals surface area contributed by atoms with E-state index in [1.807, 2.05) is 49.4 Å². The number of carbonyl (C=O) groups excluding carboxylic acids is 1. The maximum Gasteiger partial charge on any atom is 0.251 e. The van der Waals surface area contributed by atoms with Gasteiger partial charge < -0.3 is 10.1 Å². The molecule has 35 heavy (non-hydrogen) atoms. The molecule has 1 saturated heterocycles. The van der Waals surface area contributed by atoms with E-state index in [-0.39, 0.29) is 10.8 Å². The Morgan fingerprint density at radius 1 is 0.914 bits per heavy atom. The topological polar surface area (TPSA) is 78.9 Å². The standard InChI is InChI=1S/C27H31N3O4S/c1-22-10-12-25(13-11-22)34-19-14-28-27(31)24-8-5-9-26(20-24)35(32,33)30-17-15-29(16-18-30)21-23-6-3-2-4-7-23/h2-13,20H,14-19,21H2,1H3,(H,28,31). The van der Waals surface area contributed by atoms with E-state index in [0.29, 0.717) is 44.9 Å². The zero-order chi connectivity index (χ0) is 24.7. The van der Waals surface area contributed by atoms with E-state index in [1.54, 1.807) is 18.2 Å². The Morgan fingerprint density at radius 3 is 2.34 bits per heavy atom. The molecule has 1 heterocycles. The highest BCUT2D eigenvalue weighted by Crippen LogP contribution is 2.20. The van der Waals surface area contributed by atoms with Crippen LogP contribution in [0, 0.1) is 6.92 Å². The van der Waals surface area contributed by atoms with Crippen molar-refractivity contribution in [2.75, 3.05) is 39.3 Å². The van der Waals surface area contributed by atoms with Crippen LogP contribution in [0.25, 0.3) is 0 Å². The minimum absolute atomic E-state index is 0.137. The zero-order valence-corrected chi connectivity index (χ0v) is 20.7. The van der Waals surface area contributed by atoms with Gasteiger partial charge in [0, 0.05) is 38.3 Å². The smallest absolute Gasteiger partial charge is 0.251 e. The van der Waals surface area contributed by atoms with Crippen molar-refractivity contribution in [3.8, 4) is 5.75 Å². The summed E-state index contributed by atoms with van der Waals surface area (Å²) < 4.78 is 33.6. The Bertz CT molecular complexity index is 1220. The minimum atomic E-state index is -3.68. The Labute approximate surface area is 207 Å². The van der Waals surface area contributed by atoms with Crippen LogP contribution >= 0.6 is 0 Å². The van der Waals surface area contributed by atoms with Crippen molar-refractivity contribution in [3.63, 3.8) is 0 Å². The first-order valence-corrected chi connectivity index (χ1v) is 13.2. The Hall–Kier alpha value is -3.20. The fraction of sp³-hybridized carbons (Fsp3) is 0.296. The maximum absolute atomic E-state index is 13.2. The average Bonchev–Trinajstić information content (AvgIpc) is 2.88. The lowest BCUT2D eigenvalue weighted by Gasteiger charge is -2.34. The van der Waals surface area contributed by atoms with Gasteiger partial charge in [0.25, 0.3) is 5.91 Å². The van der Waals surface area contributed by atoms with Gasteiger partial charge in [0.15, 0.2) is 0 Å². The van der Waals surface area contributed by atoms with E-state index in [0.717, 1.165) is 17.9 Å². The van der Waals surface area contributed by atoms with Crippen molar-refractivity contribution < 1.29 is 17.9 Å². The number of amides is 1. The van der Waals surface area contributed by atoms with E-state index in [9.17, 15) is 13.2 Å². The number of hydrogen-bond donors (Lipinski definition) is 1. The fourth-order valence-corrected chi connectivity index (χ4v) is 5.46. The molecule has 0 aliphatic carbocycles. The van der Waals surface area contributed by atoms with Gasteiger partial charge in [0.1, 0.15) is 12.4 Å². The molecule has 3 aromatic carbocycles. The second-order valence-corrected chi connectivity index (χ2v) is 10.5.